The van der Waals surface area contributed by atoms with E-state index in [0.29, 0.717) is 23.7 Å². The summed E-state index contributed by atoms with van der Waals surface area (Å²) in [6, 6.07) is 16.0. The van der Waals surface area contributed by atoms with Crippen molar-refractivity contribution in [3.05, 3.63) is 83.3 Å². The Morgan fingerprint density at radius 3 is 2.64 bits per heavy atom. The van der Waals surface area contributed by atoms with Crippen molar-refractivity contribution >= 4 is 5.91 Å². The normalized spacial score (nSPS) is 10.6. The van der Waals surface area contributed by atoms with Crippen LogP contribution in [0.1, 0.15) is 22.8 Å². The fraction of sp³-hybridized carbons (Fsp3) is 0.211. The summed E-state index contributed by atoms with van der Waals surface area (Å²) in [5, 5.41) is 6.57. The van der Waals surface area contributed by atoms with Crippen LogP contribution < -0.4 is 5.32 Å². The van der Waals surface area contributed by atoms with Gasteiger partial charge in [0.25, 0.3) is 0 Å². The molecule has 25 heavy (non-hydrogen) atoms. The van der Waals surface area contributed by atoms with Gasteiger partial charge in [0.15, 0.2) is 5.82 Å². The van der Waals surface area contributed by atoms with Gasteiger partial charge in [-0.05, 0) is 29.7 Å². The molecule has 1 N–H and O–H groups in total. The van der Waals surface area contributed by atoms with Crippen LogP contribution in [0.4, 0.5) is 4.39 Å². The zero-order chi connectivity index (χ0) is 17.5. The SMILES string of the molecule is O=C(Cc1cccc(F)c1)NCc1noc(CCc2ccccc2)n1. The zero-order valence-electron chi connectivity index (χ0n) is 13.6. The van der Waals surface area contributed by atoms with E-state index in [0.717, 1.165) is 6.42 Å². The lowest BCUT2D eigenvalue weighted by molar-refractivity contribution is -0.120. The van der Waals surface area contributed by atoms with E-state index in [1.54, 1.807) is 12.1 Å². The first kappa shape index (κ1) is 16.8. The first-order valence-electron chi connectivity index (χ1n) is 8.05. The molecule has 2 aromatic carbocycles. The van der Waals surface area contributed by atoms with Crippen molar-refractivity contribution < 1.29 is 13.7 Å². The maximum Gasteiger partial charge on any atom is 0.227 e. The largest absolute Gasteiger partial charge is 0.348 e. The van der Waals surface area contributed by atoms with Crippen molar-refractivity contribution in [1.29, 1.82) is 0 Å². The predicted molar refractivity (Wildman–Crippen MR) is 90.1 cm³/mol. The van der Waals surface area contributed by atoms with Gasteiger partial charge in [0.2, 0.25) is 11.8 Å². The van der Waals surface area contributed by atoms with Crippen molar-refractivity contribution in [2.24, 2.45) is 0 Å². The van der Waals surface area contributed by atoms with Crippen molar-refractivity contribution in [3.8, 4) is 0 Å². The third kappa shape index (κ3) is 5.24. The highest BCUT2D eigenvalue weighted by molar-refractivity contribution is 5.78. The van der Waals surface area contributed by atoms with Crippen molar-refractivity contribution in [3.63, 3.8) is 0 Å². The Morgan fingerprint density at radius 2 is 1.84 bits per heavy atom. The Labute approximate surface area is 144 Å². The second kappa shape index (κ2) is 8.19. The summed E-state index contributed by atoms with van der Waals surface area (Å²) in [5.74, 6) is 0.390. The zero-order valence-corrected chi connectivity index (χ0v) is 13.6. The summed E-state index contributed by atoms with van der Waals surface area (Å²) >= 11 is 0. The van der Waals surface area contributed by atoms with Gasteiger partial charge in [-0.15, -0.1) is 0 Å². The van der Waals surface area contributed by atoms with Crippen molar-refractivity contribution in [2.45, 2.75) is 25.8 Å². The van der Waals surface area contributed by atoms with Crippen LogP contribution in [0.25, 0.3) is 0 Å². The molecule has 1 amide bonds. The van der Waals surface area contributed by atoms with Gasteiger partial charge in [0.05, 0.1) is 13.0 Å². The molecule has 0 fully saturated rings. The van der Waals surface area contributed by atoms with E-state index in [-0.39, 0.29) is 24.7 Å². The summed E-state index contributed by atoms with van der Waals surface area (Å²) in [7, 11) is 0. The topological polar surface area (TPSA) is 68.0 Å². The number of nitrogens with zero attached hydrogens (tertiary/aromatic N) is 2. The molecule has 0 unspecified atom stereocenters. The lowest BCUT2D eigenvalue weighted by atomic mass is 10.1. The van der Waals surface area contributed by atoms with Gasteiger partial charge >= 0.3 is 0 Å². The number of hydrogen-bond acceptors (Lipinski definition) is 4. The number of hydrogen-bond donors (Lipinski definition) is 1. The molecule has 0 aliphatic rings. The first-order chi connectivity index (χ1) is 12.2. The molecule has 0 radical (unpaired) electrons. The number of rotatable bonds is 7. The van der Waals surface area contributed by atoms with Crippen LogP contribution in [0.15, 0.2) is 59.1 Å². The molecule has 3 aromatic rings. The summed E-state index contributed by atoms with van der Waals surface area (Å²) in [6.45, 7) is 0.184. The molecule has 3 rings (SSSR count). The van der Waals surface area contributed by atoms with Gasteiger partial charge in [-0.1, -0.05) is 47.6 Å². The summed E-state index contributed by atoms with van der Waals surface area (Å²) < 4.78 is 18.3. The Kier molecular flexibility index (Phi) is 5.51. The average Bonchev–Trinajstić information content (AvgIpc) is 3.07. The third-order valence-electron chi connectivity index (χ3n) is 3.68. The fourth-order valence-corrected chi connectivity index (χ4v) is 2.43. The monoisotopic (exact) mass is 339 g/mol. The van der Waals surface area contributed by atoms with Crippen LogP contribution >= 0.6 is 0 Å². The van der Waals surface area contributed by atoms with Gasteiger partial charge in [-0.2, -0.15) is 4.98 Å². The Balaban J connectivity index is 1.45. The molecule has 6 heteroatoms. The molecule has 1 heterocycles. The fourth-order valence-electron chi connectivity index (χ4n) is 2.43. The van der Waals surface area contributed by atoms with Crippen LogP contribution in [-0.2, 0) is 30.6 Å². The van der Waals surface area contributed by atoms with Crippen LogP contribution in [0.2, 0.25) is 0 Å². The van der Waals surface area contributed by atoms with Gasteiger partial charge < -0.3 is 9.84 Å². The van der Waals surface area contributed by atoms with Crippen LogP contribution in [-0.4, -0.2) is 16.0 Å². The second-order valence-corrected chi connectivity index (χ2v) is 5.67. The highest BCUT2D eigenvalue weighted by atomic mass is 19.1. The lowest BCUT2D eigenvalue weighted by Gasteiger charge is -2.02. The first-order valence-corrected chi connectivity index (χ1v) is 8.05. The Bertz CT molecular complexity index is 833. The molecule has 0 saturated heterocycles. The number of halogens is 1. The van der Waals surface area contributed by atoms with E-state index in [1.807, 2.05) is 30.3 Å². The molecule has 128 valence electrons. The smallest absolute Gasteiger partial charge is 0.227 e. The lowest BCUT2D eigenvalue weighted by Crippen LogP contribution is -2.25. The molecule has 0 atom stereocenters. The predicted octanol–water partition coefficient (Wildman–Crippen LogP) is 2.85. The van der Waals surface area contributed by atoms with Gasteiger partial charge in [0.1, 0.15) is 5.82 Å². The van der Waals surface area contributed by atoms with Crippen LogP contribution in [0.3, 0.4) is 0 Å². The average molecular weight is 339 g/mol. The highest BCUT2D eigenvalue weighted by Gasteiger charge is 2.09. The Hall–Kier alpha value is -3.02. The molecule has 0 saturated carbocycles. The van der Waals surface area contributed by atoms with Gasteiger partial charge in [-0.3, -0.25) is 4.79 Å². The molecular formula is C19H18FN3O2. The molecule has 0 aliphatic heterocycles. The maximum absolute atomic E-state index is 13.1. The van der Waals surface area contributed by atoms with Crippen molar-refractivity contribution in [2.75, 3.05) is 0 Å². The molecule has 5 nitrogen and oxygen atoms in total. The van der Waals surface area contributed by atoms with E-state index in [2.05, 4.69) is 15.5 Å². The number of aryl methyl sites for hydroxylation is 2. The van der Waals surface area contributed by atoms with Crippen LogP contribution in [0, 0.1) is 5.82 Å². The summed E-state index contributed by atoms with van der Waals surface area (Å²) in [4.78, 5) is 16.2. The Morgan fingerprint density at radius 1 is 1.04 bits per heavy atom. The summed E-state index contributed by atoms with van der Waals surface area (Å²) in [5.41, 5.74) is 1.82. The molecule has 1 aromatic heterocycles. The minimum absolute atomic E-state index is 0.108. The number of aromatic nitrogens is 2. The quantitative estimate of drug-likeness (QED) is 0.719. The minimum Gasteiger partial charge on any atom is -0.348 e. The van der Waals surface area contributed by atoms with Gasteiger partial charge in [0, 0.05) is 6.42 Å². The second-order valence-electron chi connectivity index (χ2n) is 5.67. The number of benzene rings is 2. The maximum atomic E-state index is 13.1. The molecule has 0 aliphatic carbocycles. The van der Waals surface area contributed by atoms with E-state index in [4.69, 9.17) is 4.52 Å². The van der Waals surface area contributed by atoms with E-state index >= 15 is 0 Å². The van der Waals surface area contributed by atoms with E-state index < -0.39 is 0 Å². The molecular weight excluding hydrogens is 321 g/mol. The number of carbonyl (C=O) groups excluding carboxylic acids is 1. The van der Waals surface area contributed by atoms with E-state index in [9.17, 15) is 9.18 Å². The molecule has 0 bridgehead atoms. The third-order valence-corrected chi connectivity index (χ3v) is 3.68. The number of amides is 1. The number of nitrogens with one attached hydrogen (secondary N) is 1. The number of carbonyl (C=O) groups is 1. The van der Waals surface area contributed by atoms with Crippen molar-refractivity contribution in [1.82, 2.24) is 15.5 Å². The van der Waals surface area contributed by atoms with E-state index in [1.165, 1.54) is 17.7 Å². The standard InChI is InChI=1S/C19H18FN3O2/c20-16-8-4-7-15(11-16)12-18(24)21-13-17-22-19(25-23-17)10-9-14-5-2-1-3-6-14/h1-8,11H,9-10,12-13H2,(H,21,24). The van der Waals surface area contributed by atoms with Gasteiger partial charge in [-0.25, -0.2) is 4.39 Å². The summed E-state index contributed by atoms with van der Waals surface area (Å²) in [6.07, 6.45) is 1.57. The highest BCUT2D eigenvalue weighted by Crippen LogP contribution is 2.06. The minimum atomic E-state index is -0.355. The molecule has 0 spiro atoms. The van der Waals surface area contributed by atoms with Crippen LogP contribution in [0.5, 0.6) is 0 Å².